The van der Waals surface area contributed by atoms with E-state index in [1.807, 2.05) is 11.8 Å². The highest BCUT2D eigenvalue weighted by molar-refractivity contribution is 8.14. The third-order valence-electron chi connectivity index (χ3n) is 1.94. The fraction of sp³-hybridized carbons (Fsp3) is 0.889. The molecule has 1 nitrogen and oxygen atoms in total. The molecule has 64 valence electrons. The molecule has 0 saturated carbocycles. The van der Waals surface area contributed by atoms with E-state index in [9.17, 15) is 0 Å². The highest BCUT2D eigenvalue weighted by atomic mass is 32.2. The van der Waals surface area contributed by atoms with Crippen molar-refractivity contribution in [2.24, 2.45) is 10.4 Å². The van der Waals surface area contributed by atoms with Crippen LogP contribution in [0.4, 0.5) is 0 Å². The van der Waals surface area contributed by atoms with Gasteiger partial charge < -0.3 is 0 Å². The highest BCUT2D eigenvalue weighted by Crippen LogP contribution is 2.32. The van der Waals surface area contributed by atoms with Gasteiger partial charge in [-0.05, 0) is 18.8 Å². The first kappa shape index (κ1) is 9.11. The van der Waals surface area contributed by atoms with Crippen LogP contribution in [-0.4, -0.2) is 16.8 Å². The molecule has 1 aliphatic heterocycles. The maximum atomic E-state index is 4.51. The van der Waals surface area contributed by atoms with E-state index in [1.54, 1.807) is 0 Å². The van der Waals surface area contributed by atoms with Crippen molar-refractivity contribution in [3.05, 3.63) is 0 Å². The van der Waals surface area contributed by atoms with E-state index in [0.717, 1.165) is 11.8 Å². The second-order valence-corrected chi connectivity index (χ2v) is 5.76. The van der Waals surface area contributed by atoms with Crippen LogP contribution in [0, 0.1) is 5.41 Å². The monoisotopic (exact) mass is 171 g/mol. The van der Waals surface area contributed by atoms with Gasteiger partial charge in [-0.15, -0.1) is 11.8 Å². The third-order valence-corrected chi connectivity index (χ3v) is 2.98. The van der Waals surface area contributed by atoms with Gasteiger partial charge in [0, 0.05) is 11.8 Å². The van der Waals surface area contributed by atoms with Crippen LogP contribution in [0.1, 0.15) is 34.1 Å². The first-order chi connectivity index (χ1) is 4.99. The van der Waals surface area contributed by atoms with Crippen molar-refractivity contribution in [1.82, 2.24) is 0 Å². The summed E-state index contributed by atoms with van der Waals surface area (Å²) in [7, 11) is 0. The SMILES string of the molecule is CC1=NCC(C)(C)CC(C)S1. The average molecular weight is 171 g/mol. The third kappa shape index (κ3) is 2.86. The van der Waals surface area contributed by atoms with E-state index in [-0.39, 0.29) is 0 Å². The van der Waals surface area contributed by atoms with Crippen molar-refractivity contribution in [2.45, 2.75) is 39.4 Å². The summed E-state index contributed by atoms with van der Waals surface area (Å²) in [5.74, 6) is 0. The van der Waals surface area contributed by atoms with Gasteiger partial charge in [-0.2, -0.15) is 0 Å². The first-order valence-corrected chi connectivity index (χ1v) is 5.05. The molecule has 0 spiro atoms. The van der Waals surface area contributed by atoms with E-state index in [4.69, 9.17) is 0 Å². The van der Waals surface area contributed by atoms with Gasteiger partial charge in [-0.3, -0.25) is 4.99 Å². The van der Waals surface area contributed by atoms with Gasteiger partial charge in [0.25, 0.3) is 0 Å². The normalized spacial score (nSPS) is 30.9. The van der Waals surface area contributed by atoms with E-state index in [2.05, 4.69) is 32.7 Å². The molecule has 0 saturated heterocycles. The molecule has 11 heavy (non-hydrogen) atoms. The number of hydrogen-bond donors (Lipinski definition) is 0. The zero-order valence-corrected chi connectivity index (χ0v) is 8.66. The quantitative estimate of drug-likeness (QED) is 0.546. The van der Waals surface area contributed by atoms with Crippen molar-refractivity contribution >= 4 is 16.8 Å². The maximum absolute atomic E-state index is 4.51. The number of nitrogens with zero attached hydrogens (tertiary/aromatic N) is 1. The van der Waals surface area contributed by atoms with E-state index < -0.39 is 0 Å². The second-order valence-electron chi connectivity index (χ2n) is 4.13. The molecule has 1 atom stereocenters. The van der Waals surface area contributed by atoms with Crippen molar-refractivity contribution in [2.75, 3.05) is 6.54 Å². The fourth-order valence-electron chi connectivity index (χ4n) is 1.54. The Kier molecular flexibility index (Phi) is 2.63. The maximum Gasteiger partial charge on any atom is 0.0647 e. The molecular weight excluding hydrogens is 154 g/mol. The summed E-state index contributed by atoms with van der Waals surface area (Å²) in [5.41, 5.74) is 0.407. The molecule has 0 N–H and O–H groups in total. The Bertz CT molecular complexity index is 172. The van der Waals surface area contributed by atoms with Gasteiger partial charge in [-0.1, -0.05) is 20.8 Å². The van der Waals surface area contributed by atoms with Gasteiger partial charge >= 0.3 is 0 Å². The summed E-state index contributed by atoms with van der Waals surface area (Å²) in [5, 5.41) is 1.99. The predicted molar refractivity (Wildman–Crippen MR) is 53.4 cm³/mol. The minimum atomic E-state index is 0.407. The summed E-state index contributed by atoms with van der Waals surface area (Å²) in [4.78, 5) is 4.51. The minimum Gasteiger partial charge on any atom is -0.283 e. The molecule has 1 rings (SSSR count). The molecule has 0 aromatic rings. The van der Waals surface area contributed by atoms with Crippen LogP contribution in [0.25, 0.3) is 0 Å². The lowest BCUT2D eigenvalue weighted by Crippen LogP contribution is -2.18. The summed E-state index contributed by atoms with van der Waals surface area (Å²) >= 11 is 1.91. The first-order valence-electron chi connectivity index (χ1n) is 4.17. The Hall–Kier alpha value is 0.0200. The van der Waals surface area contributed by atoms with Crippen LogP contribution in [0.5, 0.6) is 0 Å². The molecule has 0 amide bonds. The Morgan fingerprint density at radius 1 is 1.55 bits per heavy atom. The lowest BCUT2D eigenvalue weighted by atomic mass is 9.88. The Balaban J connectivity index is 2.67. The fourth-order valence-corrected chi connectivity index (χ4v) is 2.79. The van der Waals surface area contributed by atoms with Crippen LogP contribution < -0.4 is 0 Å². The smallest absolute Gasteiger partial charge is 0.0647 e. The van der Waals surface area contributed by atoms with Gasteiger partial charge in [0.2, 0.25) is 0 Å². The summed E-state index contributed by atoms with van der Waals surface area (Å²) in [6.07, 6.45) is 1.28. The molecular formula is C9H17NS. The van der Waals surface area contributed by atoms with Crippen molar-refractivity contribution in [3.63, 3.8) is 0 Å². The van der Waals surface area contributed by atoms with Crippen molar-refractivity contribution in [3.8, 4) is 0 Å². The van der Waals surface area contributed by atoms with Gasteiger partial charge in [0.1, 0.15) is 0 Å². The molecule has 0 aliphatic carbocycles. The van der Waals surface area contributed by atoms with Crippen LogP contribution in [0.15, 0.2) is 4.99 Å². The minimum absolute atomic E-state index is 0.407. The Morgan fingerprint density at radius 2 is 2.18 bits per heavy atom. The average Bonchev–Trinajstić information content (AvgIpc) is 1.90. The number of rotatable bonds is 0. The molecule has 0 fully saturated rings. The molecule has 1 aliphatic rings. The highest BCUT2D eigenvalue weighted by Gasteiger charge is 2.24. The van der Waals surface area contributed by atoms with E-state index in [1.165, 1.54) is 11.5 Å². The number of aliphatic imine (C=N–C) groups is 1. The van der Waals surface area contributed by atoms with Crippen LogP contribution in [0.2, 0.25) is 0 Å². The van der Waals surface area contributed by atoms with Crippen LogP contribution in [0.3, 0.4) is 0 Å². The zero-order chi connectivity index (χ0) is 8.48. The lowest BCUT2D eigenvalue weighted by molar-refractivity contribution is 0.352. The molecule has 2 heteroatoms. The van der Waals surface area contributed by atoms with E-state index in [0.29, 0.717) is 5.41 Å². The number of thioether (sulfide) groups is 1. The standard InChI is InChI=1S/C9H17NS/c1-7-5-9(3,4)6-10-8(2)11-7/h7H,5-6H2,1-4H3. The molecule has 0 aromatic heterocycles. The molecule has 1 unspecified atom stereocenters. The second kappa shape index (κ2) is 3.18. The largest absolute Gasteiger partial charge is 0.283 e. The Morgan fingerprint density at radius 3 is 2.82 bits per heavy atom. The zero-order valence-electron chi connectivity index (χ0n) is 7.85. The van der Waals surface area contributed by atoms with Gasteiger partial charge in [0.15, 0.2) is 0 Å². The summed E-state index contributed by atoms with van der Waals surface area (Å²) < 4.78 is 0. The molecule has 0 aromatic carbocycles. The molecule has 0 bridgehead atoms. The summed E-state index contributed by atoms with van der Waals surface area (Å²) in [6, 6.07) is 0. The summed E-state index contributed by atoms with van der Waals surface area (Å²) in [6.45, 7) is 9.99. The lowest BCUT2D eigenvalue weighted by Gasteiger charge is -2.22. The number of hydrogen-bond acceptors (Lipinski definition) is 2. The van der Waals surface area contributed by atoms with Crippen LogP contribution in [-0.2, 0) is 0 Å². The van der Waals surface area contributed by atoms with Gasteiger partial charge in [-0.25, -0.2) is 0 Å². The van der Waals surface area contributed by atoms with E-state index >= 15 is 0 Å². The molecule has 1 heterocycles. The van der Waals surface area contributed by atoms with Gasteiger partial charge in [0.05, 0.1) is 5.04 Å². The van der Waals surface area contributed by atoms with Crippen LogP contribution >= 0.6 is 11.8 Å². The Labute approximate surface area is 73.7 Å². The predicted octanol–water partition coefficient (Wildman–Crippen LogP) is 2.96. The van der Waals surface area contributed by atoms with Crippen molar-refractivity contribution < 1.29 is 0 Å². The topological polar surface area (TPSA) is 12.4 Å². The molecule has 0 radical (unpaired) electrons. The van der Waals surface area contributed by atoms with Crippen molar-refractivity contribution in [1.29, 1.82) is 0 Å².